The molecule has 3 aliphatic rings. The number of amides is 4. The molecule has 4 amide bonds. The van der Waals surface area contributed by atoms with E-state index in [4.69, 9.17) is 0 Å². The lowest BCUT2D eigenvalue weighted by atomic mass is 9.85. The van der Waals surface area contributed by atoms with Gasteiger partial charge >= 0.3 is 12.1 Å². The number of halogens is 4. The summed E-state index contributed by atoms with van der Waals surface area (Å²) in [5.74, 6) is -5.25. The molecular weight excluding hydrogens is 560 g/mol. The Morgan fingerprint density at radius 1 is 1.12 bits per heavy atom. The van der Waals surface area contributed by atoms with Gasteiger partial charge in [-0.3, -0.25) is 19.2 Å². The van der Waals surface area contributed by atoms with Gasteiger partial charge in [-0.25, -0.2) is 8.42 Å². The molecule has 2 aliphatic heterocycles. The molecule has 3 rings (SSSR count). The van der Waals surface area contributed by atoms with E-state index in [-0.39, 0.29) is 30.7 Å². The predicted octanol–water partition coefficient (Wildman–Crippen LogP) is 1.57. The Balaban J connectivity index is 1.91. The second-order valence-corrected chi connectivity index (χ2v) is 13.9. The average Bonchev–Trinajstić information content (AvgIpc) is 3.50. The van der Waals surface area contributed by atoms with Crippen LogP contribution in [0.5, 0.6) is 0 Å². The number of likely N-dealkylation sites (tertiary alicyclic amines) is 1. The lowest BCUT2D eigenvalue weighted by Crippen LogP contribution is -2.60. The minimum atomic E-state index is -5.22. The number of sulfone groups is 1. The number of fused-ring (bicyclic) bond motifs is 1. The summed E-state index contributed by atoms with van der Waals surface area (Å²) >= 11 is 0. The molecule has 40 heavy (non-hydrogen) atoms. The molecule has 0 unspecified atom stereocenters. The van der Waals surface area contributed by atoms with Gasteiger partial charge in [0.1, 0.15) is 12.1 Å². The summed E-state index contributed by atoms with van der Waals surface area (Å²) in [5, 5.41) is 5.50. The van der Waals surface area contributed by atoms with Gasteiger partial charge in [-0.05, 0) is 49.0 Å². The Kier molecular flexibility index (Phi) is 9.26. The highest BCUT2D eigenvalue weighted by atomic mass is 32.2. The van der Waals surface area contributed by atoms with Crippen LogP contribution in [0, 0.1) is 23.2 Å². The van der Waals surface area contributed by atoms with Gasteiger partial charge in [0.25, 0.3) is 0 Å². The molecule has 0 aromatic heterocycles. The molecule has 226 valence electrons. The highest BCUT2D eigenvalue weighted by Crippen LogP contribution is 2.43. The third-order valence-corrected chi connectivity index (χ3v) is 8.65. The first-order valence-corrected chi connectivity index (χ1v) is 15.0. The van der Waals surface area contributed by atoms with Crippen LogP contribution in [0.25, 0.3) is 0 Å². The zero-order valence-electron chi connectivity index (χ0n) is 22.8. The highest BCUT2D eigenvalue weighted by molar-refractivity contribution is 7.94. The third kappa shape index (κ3) is 7.32. The molecule has 1 aliphatic carbocycles. The number of carbonyl (C=O) groups excluding carboxylic acids is 4. The second-order valence-electron chi connectivity index (χ2n) is 11.9. The van der Waals surface area contributed by atoms with E-state index < -0.39 is 68.4 Å². The van der Waals surface area contributed by atoms with Crippen molar-refractivity contribution in [3.05, 3.63) is 11.2 Å². The van der Waals surface area contributed by atoms with Crippen molar-refractivity contribution in [2.24, 2.45) is 23.2 Å². The van der Waals surface area contributed by atoms with E-state index in [1.165, 1.54) is 25.7 Å². The summed E-state index contributed by atoms with van der Waals surface area (Å²) in [5.41, 5.74) is -1.14. The van der Waals surface area contributed by atoms with Crippen molar-refractivity contribution in [3.8, 4) is 0 Å². The largest absolute Gasteiger partial charge is 0.471 e. The number of alkyl halides is 3. The molecule has 1 saturated carbocycles. The third-order valence-electron chi connectivity index (χ3n) is 7.80. The summed E-state index contributed by atoms with van der Waals surface area (Å²) in [7, 11) is -4.24. The number of carbonyl (C=O) groups is 4. The van der Waals surface area contributed by atoms with E-state index in [9.17, 15) is 45.2 Å². The number of hydrogen-bond donors (Lipinski definition) is 3. The first kappa shape index (κ1) is 31.8. The van der Waals surface area contributed by atoms with E-state index >= 15 is 0 Å². The van der Waals surface area contributed by atoms with Crippen LogP contribution in [0.2, 0.25) is 0 Å². The van der Waals surface area contributed by atoms with Gasteiger partial charge < -0.3 is 20.9 Å². The summed E-state index contributed by atoms with van der Waals surface area (Å²) < 4.78 is 77.1. The van der Waals surface area contributed by atoms with Crippen LogP contribution in [-0.4, -0.2) is 80.6 Å². The Hall–Kier alpha value is -2.71. The highest BCUT2D eigenvalue weighted by Gasteiger charge is 2.53. The molecule has 0 aromatic rings. The zero-order valence-corrected chi connectivity index (χ0v) is 23.6. The first-order valence-electron chi connectivity index (χ1n) is 13.1. The van der Waals surface area contributed by atoms with Gasteiger partial charge in [0.2, 0.25) is 32.7 Å². The maximum absolute atomic E-state index is 14.5. The van der Waals surface area contributed by atoms with Crippen molar-refractivity contribution < 1.29 is 45.2 Å². The summed E-state index contributed by atoms with van der Waals surface area (Å²) in [6, 6.07) is -3.95. The van der Waals surface area contributed by atoms with Crippen LogP contribution in [-0.2, 0) is 29.0 Å². The van der Waals surface area contributed by atoms with Gasteiger partial charge in [0.15, 0.2) is 0 Å². The number of nitrogens with one attached hydrogen (secondary N) is 3. The summed E-state index contributed by atoms with van der Waals surface area (Å²) in [4.78, 5) is 52.4. The molecule has 0 aromatic carbocycles. The Labute approximate surface area is 230 Å². The van der Waals surface area contributed by atoms with E-state index in [0.717, 1.165) is 6.42 Å². The molecule has 2 saturated heterocycles. The maximum atomic E-state index is 14.5. The fourth-order valence-electron chi connectivity index (χ4n) is 5.79. The van der Waals surface area contributed by atoms with Crippen LogP contribution in [0.1, 0.15) is 52.9 Å². The minimum absolute atomic E-state index is 0.0826. The molecule has 15 heteroatoms. The van der Waals surface area contributed by atoms with Crippen molar-refractivity contribution in [2.75, 3.05) is 19.3 Å². The van der Waals surface area contributed by atoms with Gasteiger partial charge in [0, 0.05) is 25.3 Å². The van der Waals surface area contributed by atoms with Crippen LogP contribution in [0.4, 0.5) is 17.6 Å². The summed E-state index contributed by atoms with van der Waals surface area (Å²) in [6.07, 6.45) is -1.55. The molecule has 0 radical (unpaired) electrons. The van der Waals surface area contributed by atoms with E-state index in [1.807, 2.05) is 0 Å². The number of nitrogens with zero attached hydrogens (tertiary/aromatic N) is 1. The first-order chi connectivity index (χ1) is 18.3. The SMILES string of the molecule is CC(C)(C)[C@H](NC(=O)C(F)(F)F)C(=O)N1C[C@@H]2CCC[C@@H]2[C@H]1C(=O)N[C@H](/C=C(/F)S(C)(=O)=O)C[C@H]1CCNC1=O. The molecule has 10 nitrogen and oxygen atoms in total. The molecule has 0 spiro atoms. The van der Waals surface area contributed by atoms with Crippen molar-refractivity contribution in [1.82, 2.24) is 20.9 Å². The van der Waals surface area contributed by atoms with Crippen molar-refractivity contribution >= 4 is 33.5 Å². The Morgan fingerprint density at radius 2 is 1.77 bits per heavy atom. The molecule has 6 atom stereocenters. The quantitative estimate of drug-likeness (QED) is 0.364. The fraction of sp³-hybridized carbons (Fsp3) is 0.760. The minimum Gasteiger partial charge on any atom is -0.356 e. The standard InChI is InChI=1S/C25H36F4N4O6S/c1-24(2,3)19(32-23(37)25(27,28)29)22(36)33-12-14-6-5-7-16(14)18(33)21(35)31-15(11-17(26)40(4,38)39)10-13-8-9-30-20(13)34/h11,13-16,18-19H,5-10,12H2,1-4H3,(H,30,34)(H,31,35)(H,32,37)/b17-11-/t13-,14+,15+,16+,18+,19-/m1/s1. The topological polar surface area (TPSA) is 142 Å². The molecule has 3 N–H and O–H groups in total. The van der Waals surface area contributed by atoms with Gasteiger partial charge in [0.05, 0.1) is 6.04 Å². The van der Waals surface area contributed by atoms with Crippen LogP contribution >= 0.6 is 0 Å². The molecule has 2 heterocycles. The lowest BCUT2D eigenvalue weighted by Gasteiger charge is -2.36. The Bertz CT molecular complexity index is 1170. The molecular formula is C25H36F4N4O6S. The zero-order chi connectivity index (χ0) is 30.2. The van der Waals surface area contributed by atoms with Gasteiger partial charge in [-0.2, -0.15) is 17.6 Å². The number of hydrogen-bond acceptors (Lipinski definition) is 6. The van der Waals surface area contributed by atoms with Crippen molar-refractivity contribution in [2.45, 2.75) is 77.2 Å². The monoisotopic (exact) mass is 596 g/mol. The lowest BCUT2D eigenvalue weighted by molar-refractivity contribution is -0.176. The van der Waals surface area contributed by atoms with Gasteiger partial charge in [-0.15, -0.1) is 0 Å². The molecule has 0 bridgehead atoms. The van der Waals surface area contributed by atoms with Crippen LogP contribution < -0.4 is 16.0 Å². The fourth-order valence-corrected chi connectivity index (χ4v) is 6.20. The average molecular weight is 597 g/mol. The van der Waals surface area contributed by atoms with Crippen LogP contribution in [0.15, 0.2) is 11.2 Å². The van der Waals surface area contributed by atoms with Crippen molar-refractivity contribution in [1.29, 1.82) is 0 Å². The normalized spacial score (nSPS) is 27.1. The maximum Gasteiger partial charge on any atom is 0.471 e. The van der Waals surface area contributed by atoms with E-state index in [2.05, 4.69) is 10.6 Å². The van der Waals surface area contributed by atoms with Gasteiger partial charge in [-0.1, -0.05) is 27.2 Å². The van der Waals surface area contributed by atoms with E-state index in [1.54, 1.807) is 5.32 Å². The number of rotatable bonds is 8. The molecule has 3 fully saturated rings. The predicted molar refractivity (Wildman–Crippen MR) is 135 cm³/mol. The summed E-state index contributed by atoms with van der Waals surface area (Å²) in [6.45, 7) is 4.91. The smallest absolute Gasteiger partial charge is 0.356 e. The van der Waals surface area contributed by atoms with Crippen molar-refractivity contribution in [3.63, 3.8) is 0 Å². The van der Waals surface area contributed by atoms with Crippen LogP contribution in [0.3, 0.4) is 0 Å². The van der Waals surface area contributed by atoms with E-state index in [0.29, 0.717) is 38.1 Å². The Morgan fingerprint density at radius 3 is 2.30 bits per heavy atom. The second kappa shape index (κ2) is 11.6.